The van der Waals surface area contributed by atoms with Gasteiger partial charge in [-0.2, -0.15) is 0 Å². The molecule has 178 valence electrons. The molecule has 8 nitrogen and oxygen atoms in total. The molecule has 2 aliphatic rings. The van der Waals surface area contributed by atoms with Crippen molar-refractivity contribution in [2.45, 2.75) is 12.4 Å². The van der Waals surface area contributed by atoms with Crippen molar-refractivity contribution in [2.24, 2.45) is 0 Å². The van der Waals surface area contributed by atoms with Crippen LogP contribution in [0.5, 0.6) is 17.2 Å². The predicted molar refractivity (Wildman–Crippen MR) is 115 cm³/mol. The number of hydrogen-bond acceptors (Lipinski definition) is 7. The van der Waals surface area contributed by atoms with E-state index in [-0.39, 0.29) is 23.6 Å². The van der Waals surface area contributed by atoms with Gasteiger partial charge in [-0.15, -0.1) is 13.2 Å². The smallest absolute Gasteiger partial charge is 0.507 e. The number of benzene rings is 2. The highest BCUT2D eigenvalue weighted by Crippen LogP contribution is 2.44. The molecule has 1 aromatic heterocycles. The van der Waals surface area contributed by atoms with E-state index in [2.05, 4.69) is 9.72 Å². The highest BCUT2D eigenvalue weighted by Gasteiger charge is 2.47. The standard InChI is InChI=1S/C24H15F3N2O6/c25-24(26,27)35-16-5-1-4-15(10-16)29-20(14-3-2-8-28-11-14)19(22(31)23(29)32)21(30)13-6-7-17-18(9-13)34-12-33-17/h1-11,20,30H,12H2/b21-19-. The second-order valence-electron chi connectivity index (χ2n) is 7.57. The van der Waals surface area contributed by atoms with Crippen molar-refractivity contribution in [1.82, 2.24) is 4.98 Å². The molecule has 3 heterocycles. The minimum absolute atomic E-state index is 0.00401. The number of aliphatic hydroxyl groups is 1. The summed E-state index contributed by atoms with van der Waals surface area (Å²) in [5.74, 6) is -2.31. The lowest BCUT2D eigenvalue weighted by atomic mass is 9.96. The fourth-order valence-corrected chi connectivity index (χ4v) is 3.98. The molecule has 2 aliphatic heterocycles. The van der Waals surface area contributed by atoms with Gasteiger partial charge in [-0.1, -0.05) is 12.1 Å². The van der Waals surface area contributed by atoms with Gasteiger partial charge >= 0.3 is 6.36 Å². The van der Waals surface area contributed by atoms with E-state index in [1.54, 1.807) is 18.2 Å². The minimum atomic E-state index is -4.95. The Labute approximate surface area is 195 Å². The van der Waals surface area contributed by atoms with Crippen molar-refractivity contribution in [3.8, 4) is 17.2 Å². The van der Waals surface area contributed by atoms with Gasteiger partial charge in [0.05, 0.1) is 11.6 Å². The van der Waals surface area contributed by atoms with E-state index in [4.69, 9.17) is 9.47 Å². The van der Waals surface area contributed by atoms with Gasteiger partial charge in [0, 0.05) is 29.7 Å². The molecular formula is C24H15F3N2O6. The highest BCUT2D eigenvalue weighted by molar-refractivity contribution is 6.51. The lowest BCUT2D eigenvalue weighted by Crippen LogP contribution is -2.29. The summed E-state index contributed by atoms with van der Waals surface area (Å²) in [5.41, 5.74) is 0.253. The molecule has 35 heavy (non-hydrogen) atoms. The number of rotatable bonds is 4. The summed E-state index contributed by atoms with van der Waals surface area (Å²) in [7, 11) is 0. The van der Waals surface area contributed by atoms with E-state index in [0.29, 0.717) is 17.1 Å². The third kappa shape index (κ3) is 4.12. The van der Waals surface area contributed by atoms with Crippen molar-refractivity contribution in [3.63, 3.8) is 0 Å². The minimum Gasteiger partial charge on any atom is -0.507 e. The van der Waals surface area contributed by atoms with Crippen LogP contribution >= 0.6 is 0 Å². The summed E-state index contributed by atoms with van der Waals surface area (Å²) in [6.45, 7) is -0.00401. The van der Waals surface area contributed by atoms with Gasteiger partial charge in [-0.25, -0.2) is 0 Å². The molecule has 1 fully saturated rings. The van der Waals surface area contributed by atoms with Crippen molar-refractivity contribution < 1.29 is 42.1 Å². The molecule has 1 atom stereocenters. The van der Waals surface area contributed by atoms with Crippen molar-refractivity contribution in [1.29, 1.82) is 0 Å². The lowest BCUT2D eigenvalue weighted by Gasteiger charge is -2.25. The summed E-state index contributed by atoms with van der Waals surface area (Å²) in [6, 6.07) is 11.2. The van der Waals surface area contributed by atoms with Crippen LogP contribution in [-0.2, 0) is 9.59 Å². The van der Waals surface area contributed by atoms with E-state index in [1.165, 1.54) is 36.7 Å². The van der Waals surface area contributed by atoms with Gasteiger partial charge in [-0.3, -0.25) is 19.5 Å². The maximum atomic E-state index is 13.1. The normalized spacial score (nSPS) is 18.7. The first kappa shape index (κ1) is 22.3. The molecule has 11 heteroatoms. The maximum absolute atomic E-state index is 13.1. The molecule has 1 amide bonds. The number of hydrogen-bond donors (Lipinski definition) is 1. The quantitative estimate of drug-likeness (QED) is 0.334. The first-order valence-corrected chi connectivity index (χ1v) is 10.2. The largest absolute Gasteiger partial charge is 0.573 e. The van der Waals surface area contributed by atoms with Gasteiger partial charge in [0.2, 0.25) is 6.79 Å². The number of pyridine rings is 1. The molecule has 0 radical (unpaired) electrons. The van der Waals surface area contributed by atoms with Gasteiger partial charge < -0.3 is 19.3 Å². The Kier molecular flexibility index (Phi) is 5.31. The Bertz CT molecular complexity index is 1360. The number of halogens is 3. The van der Waals surface area contributed by atoms with Crippen LogP contribution in [0.25, 0.3) is 5.76 Å². The van der Waals surface area contributed by atoms with Crippen LogP contribution in [0.3, 0.4) is 0 Å². The average molecular weight is 484 g/mol. The fraction of sp³-hybridized carbons (Fsp3) is 0.125. The summed E-state index contributed by atoms with van der Waals surface area (Å²) in [6.07, 6.45) is -2.08. The number of alkyl halides is 3. The van der Waals surface area contributed by atoms with Crippen LogP contribution in [0.1, 0.15) is 17.2 Å². The fourth-order valence-electron chi connectivity index (χ4n) is 3.98. The number of Topliss-reactive ketones (excluding diaryl/α,β-unsaturated/α-hetero) is 1. The van der Waals surface area contributed by atoms with Crippen LogP contribution in [0.4, 0.5) is 18.9 Å². The maximum Gasteiger partial charge on any atom is 0.573 e. The summed E-state index contributed by atoms with van der Waals surface area (Å²) in [4.78, 5) is 31.3. The zero-order chi connectivity index (χ0) is 24.7. The number of carbonyl (C=O) groups is 2. The number of amides is 1. The molecule has 0 aliphatic carbocycles. The Hall–Kier alpha value is -4.54. The molecule has 1 saturated heterocycles. The lowest BCUT2D eigenvalue weighted by molar-refractivity contribution is -0.274. The van der Waals surface area contributed by atoms with Crippen molar-refractivity contribution >= 4 is 23.1 Å². The molecule has 0 saturated carbocycles. The van der Waals surface area contributed by atoms with Gasteiger partial charge in [0.15, 0.2) is 11.5 Å². The SMILES string of the molecule is O=C1C(=O)N(c2cccc(OC(F)(F)F)c2)C(c2cccnc2)/C1=C(/O)c1ccc2c(c1)OCO2. The number of ketones is 1. The van der Waals surface area contributed by atoms with E-state index in [1.807, 2.05) is 0 Å². The first-order valence-electron chi connectivity index (χ1n) is 10.2. The van der Waals surface area contributed by atoms with Crippen LogP contribution in [0.2, 0.25) is 0 Å². The van der Waals surface area contributed by atoms with Gasteiger partial charge in [0.1, 0.15) is 11.5 Å². The van der Waals surface area contributed by atoms with E-state index in [9.17, 15) is 27.9 Å². The van der Waals surface area contributed by atoms with E-state index in [0.717, 1.165) is 17.0 Å². The molecule has 0 bridgehead atoms. The summed E-state index contributed by atoms with van der Waals surface area (Å²) < 4.78 is 52.8. The number of anilines is 1. The Morgan fingerprint density at radius 3 is 2.60 bits per heavy atom. The van der Waals surface area contributed by atoms with Crippen LogP contribution in [-0.4, -0.2) is 34.9 Å². The molecule has 1 N–H and O–H groups in total. The van der Waals surface area contributed by atoms with E-state index >= 15 is 0 Å². The highest BCUT2D eigenvalue weighted by atomic mass is 19.4. The van der Waals surface area contributed by atoms with Crippen LogP contribution in [0, 0.1) is 0 Å². The number of ether oxygens (including phenoxy) is 3. The molecule has 2 aromatic carbocycles. The average Bonchev–Trinajstić information content (AvgIpc) is 3.40. The summed E-state index contributed by atoms with van der Waals surface area (Å²) >= 11 is 0. The Morgan fingerprint density at radius 2 is 1.86 bits per heavy atom. The zero-order valence-electron chi connectivity index (χ0n) is 17.7. The van der Waals surface area contributed by atoms with Crippen LogP contribution < -0.4 is 19.1 Å². The van der Waals surface area contributed by atoms with Crippen LogP contribution in [0.15, 0.2) is 72.6 Å². The molecule has 1 unspecified atom stereocenters. The Balaban J connectivity index is 1.65. The van der Waals surface area contributed by atoms with Gasteiger partial charge in [-0.05, 0) is 42.0 Å². The number of carbonyl (C=O) groups excluding carboxylic acids is 2. The topological polar surface area (TPSA) is 98.2 Å². The molecule has 0 spiro atoms. The number of aromatic nitrogens is 1. The zero-order valence-corrected chi connectivity index (χ0v) is 17.7. The van der Waals surface area contributed by atoms with Crippen molar-refractivity contribution in [3.05, 3.63) is 83.7 Å². The van der Waals surface area contributed by atoms with E-state index < -0.39 is 35.6 Å². The summed E-state index contributed by atoms with van der Waals surface area (Å²) in [5, 5.41) is 11.1. The Morgan fingerprint density at radius 1 is 1.06 bits per heavy atom. The first-order chi connectivity index (χ1) is 16.7. The second kappa shape index (κ2) is 8.35. The number of fused-ring (bicyclic) bond motifs is 1. The third-order valence-corrected chi connectivity index (χ3v) is 5.42. The van der Waals surface area contributed by atoms with Gasteiger partial charge in [0.25, 0.3) is 11.7 Å². The molecule has 5 rings (SSSR count). The van der Waals surface area contributed by atoms with Crippen molar-refractivity contribution in [2.75, 3.05) is 11.7 Å². The molecule has 3 aromatic rings. The number of nitrogens with zero attached hydrogens (tertiary/aromatic N) is 2. The monoisotopic (exact) mass is 484 g/mol. The number of aliphatic hydroxyl groups excluding tert-OH is 1. The third-order valence-electron chi connectivity index (χ3n) is 5.42. The second-order valence-corrected chi connectivity index (χ2v) is 7.57. The molecular weight excluding hydrogens is 469 g/mol. The predicted octanol–water partition coefficient (Wildman–Crippen LogP) is 4.34.